The van der Waals surface area contributed by atoms with Crippen molar-refractivity contribution in [2.45, 2.75) is 20.8 Å². The van der Waals surface area contributed by atoms with Gasteiger partial charge in [-0.2, -0.15) is 5.10 Å². The summed E-state index contributed by atoms with van der Waals surface area (Å²) in [4.78, 5) is 10.8. The number of rotatable bonds is 5. The van der Waals surface area contributed by atoms with Crippen LogP contribution in [-0.2, 0) is 0 Å². The lowest BCUT2D eigenvalue weighted by Crippen LogP contribution is -2.04. The highest BCUT2D eigenvalue weighted by atomic mass is 16.5. The number of aldehydes is 1. The minimum absolute atomic E-state index is 0.503. The van der Waals surface area contributed by atoms with E-state index in [0.29, 0.717) is 18.1 Å². The summed E-state index contributed by atoms with van der Waals surface area (Å²) in [5.74, 6) is 1.35. The molecule has 4 nitrogen and oxygen atoms in total. The van der Waals surface area contributed by atoms with Crippen molar-refractivity contribution < 1.29 is 9.53 Å². The molecule has 0 N–H and O–H groups in total. The molecule has 19 heavy (non-hydrogen) atoms. The first-order valence-electron chi connectivity index (χ1n) is 6.35. The molecule has 0 saturated carbocycles. The number of benzene rings is 1. The first kappa shape index (κ1) is 13.3. The minimum Gasteiger partial charge on any atom is -0.493 e. The molecule has 0 spiro atoms. The Balaban J connectivity index is 2.15. The molecule has 2 rings (SSSR count). The lowest BCUT2D eigenvalue weighted by atomic mass is 10.2. The van der Waals surface area contributed by atoms with Crippen LogP contribution in [0.4, 0.5) is 0 Å². The highest BCUT2D eigenvalue weighted by molar-refractivity contribution is 5.76. The second-order valence-corrected chi connectivity index (χ2v) is 4.93. The van der Waals surface area contributed by atoms with E-state index in [1.165, 1.54) is 0 Å². The average Bonchev–Trinajstić information content (AvgIpc) is 2.78. The summed E-state index contributed by atoms with van der Waals surface area (Å²) in [5, 5.41) is 4.30. The number of aryl methyl sites for hydroxylation is 1. The van der Waals surface area contributed by atoms with Gasteiger partial charge in [0.05, 0.1) is 23.6 Å². The number of hydrogen-bond donors (Lipinski definition) is 0. The van der Waals surface area contributed by atoms with Crippen molar-refractivity contribution in [3.8, 4) is 11.4 Å². The quantitative estimate of drug-likeness (QED) is 0.774. The lowest BCUT2D eigenvalue weighted by Gasteiger charge is -2.09. The largest absolute Gasteiger partial charge is 0.493 e. The van der Waals surface area contributed by atoms with Crippen molar-refractivity contribution in [3.05, 3.63) is 41.7 Å². The molecule has 0 bridgehead atoms. The molecule has 100 valence electrons. The third kappa shape index (κ3) is 3.22. The van der Waals surface area contributed by atoms with Crippen LogP contribution in [0, 0.1) is 12.8 Å². The number of nitrogens with zero attached hydrogens (tertiary/aromatic N) is 2. The van der Waals surface area contributed by atoms with Crippen LogP contribution in [-0.4, -0.2) is 22.7 Å². The fourth-order valence-corrected chi connectivity index (χ4v) is 1.68. The normalized spacial score (nSPS) is 10.7. The van der Waals surface area contributed by atoms with Gasteiger partial charge in [0.15, 0.2) is 6.29 Å². The fraction of sp³-hybridized carbons (Fsp3) is 0.333. The topological polar surface area (TPSA) is 44.1 Å². The number of ether oxygens (including phenoxy) is 1. The summed E-state index contributed by atoms with van der Waals surface area (Å²) in [6.07, 6.45) is 2.55. The van der Waals surface area contributed by atoms with Gasteiger partial charge in [-0.25, -0.2) is 4.68 Å². The SMILES string of the molecule is Cc1nn(-c2ccc(OCC(C)C)cc2)cc1C=O. The van der Waals surface area contributed by atoms with E-state index in [1.54, 1.807) is 10.9 Å². The summed E-state index contributed by atoms with van der Waals surface area (Å²) >= 11 is 0. The maximum Gasteiger partial charge on any atom is 0.153 e. The van der Waals surface area contributed by atoms with E-state index >= 15 is 0 Å². The van der Waals surface area contributed by atoms with Gasteiger partial charge < -0.3 is 4.74 Å². The molecule has 0 unspecified atom stereocenters. The highest BCUT2D eigenvalue weighted by Gasteiger charge is 2.05. The Hall–Kier alpha value is -2.10. The fourth-order valence-electron chi connectivity index (χ4n) is 1.68. The van der Waals surface area contributed by atoms with E-state index in [-0.39, 0.29) is 0 Å². The molecular formula is C15H18N2O2. The van der Waals surface area contributed by atoms with Crippen molar-refractivity contribution in [3.63, 3.8) is 0 Å². The second kappa shape index (κ2) is 5.69. The van der Waals surface area contributed by atoms with Gasteiger partial charge >= 0.3 is 0 Å². The van der Waals surface area contributed by atoms with E-state index in [1.807, 2.05) is 31.2 Å². The Kier molecular flexibility index (Phi) is 4.00. The van der Waals surface area contributed by atoms with Crippen LogP contribution in [0.1, 0.15) is 29.9 Å². The Labute approximate surface area is 113 Å². The molecular weight excluding hydrogens is 240 g/mol. The predicted octanol–water partition coefficient (Wildman–Crippen LogP) is 3.03. The van der Waals surface area contributed by atoms with E-state index in [4.69, 9.17) is 4.74 Å². The van der Waals surface area contributed by atoms with E-state index in [9.17, 15) is 4.79 Å². The molecule has 4 heteroatoms. The van der Waals surface area contributed by atoms with Crippen LogP contribution in [0.3, 0.4) is 0 Å². The van der Waals surface area contributed by atoms with E-state index in [2.05, 4.69) is 18.9 Å². The molecule has 0 aliphatic heterocycles. The molecule has 0 amide bonds. The van der Waals surface area contributed by atoms with E-state index in [0.717, 1.165) is 23.4 Å². The van der Waals surface area contributed by atoms with Gasteiger partial charge in [0, 0.05) is 6.20 Å². The summed E-state index contributed by atoms with van der Waals surface area (Å²) in [7, 11) is 0. The minimum atomic E-state index is 0.503. The Morgan fingerprint density at radius 2 is 2.00 bits per heavy atom. The molecule has 0 aliphatic rings. The van der Waals surface area contributed by atoms with Crippen LogP contribution in [0.25, 0.3) is 5.69 Å². The van der Waals surface area contributed by atoms with Crippen LogP contribution < -0.4 is 4.74 Å². The van der Waals surface area contributed by atoms with Crippen LogP contribution in [0.2, 0.25) is 0 Å². The van der Waals surface area contributed by atoms with Gasteiger partial charge in [-0.3, -0.25) is 4.79 Å². The number of carbonyl (C=O) groups excluding carboxylic acids is 1. The van der Waals surface area contributed by atoms with Crippen LogP contribution in [0.5, 0.6) is 5.75 Å². The van der Waals surface area contributed by atoms with Gasteiger partial charge in [-0.15, -0.1) is 0 Å². The van der Waals surface area contributed by atoms with Crippen molar-refractivity contribution in [1.29, 1.82) is 0 Å². The molecule has 0 fully saturated rings. The molecule has 1 aromatic heterocycles. The zero-order chi connectivity index (χ0) is 13.8. The molecule has 0 atom stereocenters. The number of aromatic nitrogens is 2. The van der Waals surface area contributed by atoms with Crippen molar-refractivity contribution in [2.24, 2.45) is 5.92 Å². The second-order valence-electron chi connectivity index (χ2n) is 4.93. The van der Waals surface area contributed by atoms with Gasteiger partial charge in [0.25, 0.3) is 0 Å². The smallest absolute Gasteiger partial charge is 0.153 e. The zero-order valence-corrected chi connectivity index (χ0v) is 11.5. The molecule has 1 aromatic carbocycles. The molecule has 1 heterocycles. The van der Waals surface area contributed by atoms with Crippen molar-refractivity contribution >= 4 is 6.29 Å². The first-order valence-corrected chi connectivity index (χ1v) is 6.35. The Bertz CT molecular complexity index is 556. The number of hydrogen-bond acceptors (Lipinski definition) is 3. The summed E-state index contributed by atoms with van der Waals surface area (Å²) in [6, 6.07) is 7.68. The third-order valence-corrected chi connectivity index (χ3v) is 2.75. The molecule has 0 radical (unpaired) electrons. The monoisotopic (exact) mass is 258 g/mol. The van der Waals surface area contributed by atoms with Crippen LogP contribution in [0.15, 0.2) is 30.5 Å². The van der Waals surface area contributed by atoms with Gasteiger partial charge in [-0.05, 0) is 37.1 Å². The maximum atomic E-state index is 10.8. The highest BCUT2D eigenvalue weighted by Crippen LogP contribution is 2.16. The van der Waals surface area contributed by atoms with E-state index < -0.39 is 0 Å². The Morgan fingerprint density at radius 3 is 2.53 bits per heavy atom. The zero-order valence-electron chi connectivity index (χ0n) is 11.5. The predicted molar refractivity (Wildman–Crippen MR) is 74.0 cm³/mol. The summed E-state index contributed by atoms with van der Waals surface area (Å²) in [6.45, 7) is 6.75. The average molecular weight is 258 g/mol. The molecule has 0 saturated heterocycles. The summed E-state index contributed by atoms with van der Waals surface area (Å²) < 4.78 is 7.32. The standard InChI is InChI=1S/C15H18N2O2/c1-11(2)10-19-15-6-4-14(5-7-15)17-8-13(9-18)12(3)16-17/h4-9,11H,10H2,1-3H3. The molecule has 0 aliphatic carbocycles. The lowest BCUT2D eigenvalue weighted by molar-refractivity contribution is 0.112. The Morgan fingerprint density at radius 1 is 1.32 bits per heavy atom. The third-order valence-electron chi connectivity index (χ3n) is 2.75. The van der Waals surface area contributed by atoms with Gasteiger partial charge in [0.1, 0.15) is 5.75 Å². The van der Waals surface area contributed by atoms with Gasteiger partial charge in [0.2, 0.25) is 0 Å². The van der Waals surface area contributed by atoms with Gasteiger partial charge in [-0.1, -0.05) is 13.8 Å². The summed E-state index contributed by atoms with van der Waals surface area (Å²) in [5.41, 5.74) is 2.25. The maximum absolute atomic E-state index is 10.8. The van der Waals surface area contributed by atoms with Crippen molar-refractivity contribution in [2.75, 3.05) is 6.61 Å². The van der Waals surface area contributed by atoms with Crippen molar-refractivity contribution in [1.82, 2.24) is 9.78 Å². The van der Waals surface area contributed by atoms with Crippen LogP contribution >= 0.6 is 0 Å². The number of carbonyl (C=O) groups is 1. The first-order chi connectivity index (χ1) is 9.10. The molecule has 2 aromatic rings.